The molecule has 0 aliphatic rings. The molecular weight excluding hydrogens is 421 g/mol. The zero-order valence-electron chi connectivity index (χ0n) is 15.8. The molecule has 0 saturated carbocycles. The smallest absolute Gasteiger partial charge is 0.348 e. The molecule has 0 radical (unpaired) electrons. The normalized spacial score (nSPS) is 12.6. The number of amides is 1. The molecule has 1 unspecified atom stereocenters. The van der Waals surface area contributed by atoms with Crippen LogP contribution in [-0.4, -0.2) is 20.7 Å². The molecule has 0 bridgehead atoms. The van der Waals surface area contributed by atoms with Gasteiger partial charge >= 0.3 is 11.9 Å². The third-order valence-corrected chi connectivity index (χ3v) is 4.70. The fourth-order valence-corrected chi connectivity index (χ4v) is 3.06. The van der Waals surface area contributed by atoms with E-state index in [9.17, 15) is 22.8 Å². The highest BCUT2D eigenvalue weighted by molar-refractivity contribution is 6.30. The summed E-state index contributed by atoms with van der Waals surface area (Å²) in [6, 6.07) is 10.8. The summed E-state index contributed by atoms with van der Waals surface area (Å²) in [5.41, 5.74) is -0.422. The molecule has 1 aromatic heterocycles. The molecule has 0 spiro atoms. The molecule has 3 rings (SSSR count). The summed E-state index contributed by atoms with van der Waals surface area (Å²) in [4.78, 5) is 27.1. The Morgan fingerprint density at radius 1 is 1.23 bits per heavy atom. The molecule has 1 atom stereocenters. The predicted octanol–water partition coefficient (Wildman–Crippen LogP) is 4.18. The van der Waals surface area contributed by atoms with Gasteiger partial charge in [-0.05, 0) is 48.4 Å². The lowest BCUT2D eigenvalue weighted by molar-refractivity contribution is -0.137. The zero-order chi connectivity index (χ0) is 21.9. The van der Waals surface area contributed by atoms with Gasteiger partial charge in [-0.2, -0.15) is 13.2 Å². The Hall–Kier alpha value is -3.07. The second-order valence-corrected chi connectivity index (χ2v) is 7.03. The molecule has 2 aromatic carbocycles. The molecular formula is C20H18ClF3N4O2. The molecule has 6 nitrogen and oxygen atoms in total. The number of alkyl halides is 3. The molecule has 0 saturated heterocycles. The van der Waals surface area contributed by atoms with Gasteiger partial charge in [-0.15, -0.1) is 5.10 Å². The lowest BCUT2D eigenvalue weighted by Crippen LogP contribution is -2.34. The molecule has 2 N–H and O–H groups in total. The third-order valence-electron chi connectivity index (χ3n) is 4.45. The Bertz CT molecular complexity index is 1090. The topological polar surface area (TPSA) is 79.8 Å². The molecule has 30 heavy (non-hydrogen) atoms. The average molecular weight is 439 g/mol. The number of hydrogen-bond acceptors (Lipinski definition) is 3. The number of aromatic amines is 1. The summed E-state index contributed by atoms with van der Waals surface area (Å²) in [5, 5.41) is 7.28. The first kappa shape index (κ1) is 21.6. The van der Waals surface area contributed by atoms with E-state index in [4.69, 9.17) is 11.6 Å². The van der Waals surface area contributed by atoms with Gasteiger partial charge in [0, 0.05) is 10.6 Å². The number of nitrogens with zero attached hydrogens (tertiary/aromatic N) is 2. The number of nitrogens with one attached hydrogen (secondary N) is 2. The molecule has 0 fully saturated rings. The van der Waals surface area contributed by atoms with Crippen LogP contribution in [0.1, 0.15) is 30.5 Å². The first-order valence-electron chi connectivity index (χ1n) is 9.07. The molecule has 0 aliphatic carbocycles. The summed E-state index contributed by atoms with van der Waals surface area (Å²) < 4.78 is 39.8. The van der Waals surface area contributed by atoms with E-state index >= 15 is 0 Å². The van der Waals surface area contributed by atoms with Crippen LogP contribution in [0, 0.1) is 0 Å². The summed E-state index contributed by atoms with van der Waals surface area (Å²) in [5.74, 6) is -0.273. The van der Waals surface area contributed by atoms with Crippen LogP contribution >= 0.6 is 11.6 Å². The Labute approximate surface area is 174 Å². The highest BCUT2D eigenvalue weighted by Crippen LogP contribution is 2.31. The number of H-pyrrole nitrogens is 1. The Morgan fingerprint density at radius 3 is 2.57 bits per heavy atom. The van der Waals surface area contributed by atoms with Crippen molar-refractivity contribution in [2.75, 3.05) is 0 Å². The van der Waals surface area contributed by atoms with Gasteiger partial charge in [-0.3, -0.25) is 9.78 Å². The van der Waals surface area contributed by atoms with Crippen LogP contribution in [0.2, 0.25) is 5.02 Å². The van der Waals surface area contributed by atoms with Crippen molar-refractivity contribution in [3.8, 4) is 11.4 Å². The van der Waals surface area contributed by atoms with E-state index in [1.807, 2.05) is 0 Å². The van der Waals surface area contributed by atoms with Crippen molar-refractivity contribution in [3.05, 3.63) is 75.2 Å². The molecule has 158 valence electrons. The minimum atomic E-state index is -4.47. The average Bonchev–Trinajstić information content (AvgIpc) is 3.06. The quantitative estimate of drug-likeness (QED) is 0.606. The standard InChI is InChI=1S/C20H18ClF3N4O2/c1-2-16(13-4-3-5-14(10-13)20(22,23)24)25-17(29)11-28-19(30)26-18(27-28)12-6-8-15(21)9-7-12/h3-10,16H,2,11H2,1H3,(H,25,29)(H,26,27,30). The van der Waals surface area contributed by atoms with E-state index < -0.39 is 29.4 Å². The maximum Gasteiger partial charge on any atom is 0.416 e. The van der Waals surface area contributed by atoms with Gasteiger partial charge in [0.2, 0.25) is 5.91 Å². The van der Waals surface area contributed by atoms with E-state index in [-0.39, 0.29) is 12.4 Å². The minimum absolute atomic E-state index is 0.273. The fourth-order valence-electron chi connectivity index (χ4n) is 2.93. The minimum Gasteiger partial charge on any atom is -0.348 e. The van der Waals surface area contributed by atoms with Gasteiger partial charge in [-0.25, -0.2) is 9.48 Å². The maximum atomic E-state index is 12.9. The van der Waals surface area contributed by atoms with Crippen molar-refractivity contribution in [2.24, 2.45) is 0 Å². The van der Waals surface area contributed by atoms with Crippen molar-refractivity contribution in [1.29, 1.82) is 0 Å². The largest absolute Gasteiger partial charge is 0.416 e. The van der Waals surface area contributed by atoms with Crippen LogP contribution in [0.15, 0.2) is 53.3 Å². The van der Waals surface area contributed by atoms with E-state index in [1.54, 1.807) is 31.2 Å². The van der Waals surface area contributed by atoms with E-state index in [0.717, 1.165) is 16.8 Å². The first-order chi connectivity index (χ1) is 14.2. The predicted molar refractivity (Wildman–Crippen MR) is 106 cm³/mol. The Kier molecular flexibility index (Phi) is 6.31. The van der Waals surface area contributed by atoms with Gasteiger partial charge in [0.05, 0.1) is 11.6 Å². The monoisotopic (exact) mass is 438 g/mol. The van der Waals surface area contributed by atoms with Crippen molar-refractivity contribution in [3.63, 3.8) is 0 Å². The maximum absolute atomic E-state index is 12.9. The summed E-state index contributed by atoms with van der Waals surface area (Å²) in [6.45, 7) is 1.36. The van der Waals surface area contributed by atoms with Crippen molar-refractivity contribution in [1.82, 2.24) is 20.1 Å². The number of rotatable bonds is 6. The van der Waals surface area contributed by atoms with Gasteiger partial charge < -0.3 is 5.32 Å². The van der Waals surface area contributed by atoms with Crippen molar-refractivity contribution >= 4 is 17.5 Å². The molecule has 10 heteroatoms. The van der Waals surface area contributed by atoms with Crippen LogP contribution in [0.5, 0.6) is 0 Å². The number of carbonyl (C=O) groups excluding carboxylic acids is 1. The summed E-state index contributed by atoms with van der Waals surface area (Å²) in [6.07, 6.45) is -4.10. The lowest BCUT2D eigenvalue weighted by Gasteiger charge is -2.18. The molecule has 3 aromatic rings. The van der Waals surface area contributed by atoms with Gasteiger partial charge in [0.1, 0.15) is 6.54 Å². The van der Waals surface area contributed by atoms with E-state index in [2.05, 4.69) is 15.4 Å². The Morgan fingerprint density at radius 2 is 1.93 bits per heavy atom. The van der Waals surface area contributed by atoms with Crippen LogP contribution in [0.4, 0.5) is 13.2 Å². The number of halogens is 4. The molecule has 0 aliphatic heterocycles. The second-order valence-electron chi connectivity index (χ2n) is 6.59. The first-order valence-corrected chi connectivity index (χ1v) is 9.44. The number of benzene rings is 2. The Balaban J connectivity index is 1.73. The SMILES string of the molecule is CCC(NC(=O)Cn1nc(-c2ccc(Cl)cc2)[nH]c1=O)c1cccc(C(F)(F)F)c1. The fraction of sp³-hybridized carbons (Fsp3) is 0.250. The third kappa shape index (κ3) is 5.10. The van der Waals surface area contributed by atoms with Gasteiger partial charge in [-0.1, -0.05) is 30.7 Å². The summed E-state index contributed by atoms with van der Waals surface area (Å²) in [7, 11) is 0. The van der Waals surface area contributed by atoms with Crippen molar-refractivity contribution < 1.29 is 18.0 Å². The number of carbonyl (C=O) groups is 1. The number of aromatic nitrogens is 3. The van der Waals surface area contributed by atoms with Crippen LogP contribution in [-0.2, 0) is 17.5 Å². The van der Waals surface area contributed by atoms with E-state index in [0.29, 0.717) is 22.6 Å². The van der Waals surface area contributed by atoms with E-state index in [1.165, 1.54) is 12.1 Å². The second kappa shape index (κ2) is 8.74. The molecule has 1 heterocycles. The highest BCUT2D eigenvalue weighted by Gasteiger charge is 2.31. The van der Waals surface area contributed by atoms with Gasteiger partial charge in [0.15, 0.2) is 5.82 Å². The lowest BCUT2D eigenvalue weighted by atomic mass is 10.0. The van der Waals surface area contributed by atoms with Crippen LogP contribution < -0.4 is 11.0 Å². The number of hydrogen-bond donors (Lipinski definition) is 2. The van der Waals surface area contributed by atoms with Crippen LogP contribution in [0.3, 0.4) is 0 Å². The molecule has 1 amide bonds. The van der Waals surface area contributed by atoms with Gasteiger partial charge in [0.25, 0.3) is 0 Å². The van der Waals surface area contributed by atoms with Crippen LogP contribution in [0.25, 0.3) is 11.4 Å². The van der Waals surface area contributed by atoms with Crippen molar-refractivity contribution in [2.45, 2.75) is 32.1 Å². The zero-order valence-corrected chi connectivity index (χ0v) is 16.6. The summed E-state index contributed by atoms with van der Waals surface area (Å²) >= 11 is 5.84. The highest BCUT2D eigenvalue weighted by atomic mass is 35.5.